The summed E-state index contributed by atoms with van der Waals surface area (Å²) in [4.78, 5) is 13.0. The van der Waals surface area contributed by atoms with Gasteiger partial charge in [-0.1, -0.05) is 41.9 Å². The number of benzene rings is 3. The van der Waals surface area contributed by atoms with Crippen LogP contribution in [0.3, 0.4) is 0 Å². The van der Waals surface area contributed by atoms with Gasteiger partial charge in [-0.2, -0.15) is 0 Å². The number of carbonyl (C=O) groups is 1. The zero-order valence-electron chi connectivity index (χ0n) is 16.4. The highest BCUT2D eigenvalue weighted by Crippen LogP contribution is 2.33. The molecule has 1 aliphatic rings. The van der Waals surface area contributed by atoms with E-state index in [1.165, 1.54) is 4.31 Å². The molecule has 0 saturated heterocycles. The van der Waals surface area contributed by atoms with Crippen LogP contribution in [0.4, 0.5) is 5.69 Å². The molecule has 0 spiro atoms. The molecule has 1 aliphatic heterocycles. The quantitative estimate of drug-likeness (QED) is 0.631. The lowest BCUT2D eigenvalue weighted by Crippen LogP contribution is -2.29. The first kappa shape index (κ1) is 20.4. The number of nitrogens with one attached hydrogen (secondary N) is 1. The molecule has 0 fully saturated rings. The SMILES string of the molecule is CC(NC(=O)c1ccc2c(c1)CCN2S(=O)(=O)c1ccccc1)c1ccc(Cl)cc1. The number of rotatable bonds is 5. The summed E-state index contributed by atoms with van der Waals surface area (Å²) in [7, 11) is -3.62. The number of hydrogen-bond acceptors (Lipinski definition) is 3. The van der Waals surface area contributed by atoms with Crippen LogP contribution in [0, 0.1) is 0 Å². The first-order chi connectivity index (χ1) is 14.4. The van der Waals surface area contributed by atoms with Gasteiger partial charge in [-0.05, 0) is 66.9 Å². The number of carbonyl (C=O) groups excluding carboxylic acids is 1. The summed E-state index contributed by atoms with van der Waals surface area (Å²) in [6.07, 6.45) is 0.565. The number of nitrogens with zero attached hydrogens (tertiary/aromatic N) is 1. The third-order valence-corrected chi connectivity index (χ3v) is 7.32. The molecule has 5 nitrogen and oxygen atoms in total. The van der Waals surface area contributed by atoms with E-state index in [0.29, 0.717) is 29.2 Å². The summed E-state index contributed by atoms with van der Waals surface area (Å²) < 4.78 is 27.4. The van der Waals surface area contributed by atoms with E-state index in [-0.39, 0.29) is 16.8 Å². The Kier molecular flexibility index (Phi) is 5.54. The highest BCUT2D eigenvalue weighted by molar-refractivity contribution is 7.92. The van der Waals surface area contributed by atoms with Gasteiger partial charge in [0.05, 0.1) is 16.6 Å². The maximum Gasteiger partial charge on any atom is 0.264 e. The van der Waals surface area contributed by atoms with Gasteiger partial charge < -0.3 is 5.32 Å². The minimum absolute atomic E-state index is 0.182. The van der Waals surface area contributed by atoms with Crippen molar-refractivity contribution in [1.29, 1.82) is 0 Å². The van der Waals surface area contributed by atoms with Crippen molar-refractivity contribution in [2.75, 3.05) is 10.8 Å². The molecule has 0 aromatic heterocycles. The Hall–Kier alpha value is -2.83. The summed E-state index contributed by atoms with van der Waals surface area (Å²) in [6, 6.07) is 20.7. The standard InChI is InChI=1S/C23H21ClN2O3S/c1-16(17-7-10-20(24)11-8-17)25-23(27)19-9-12-22-18(15-19)13-14-26(22)30(28,29)21-5-3-2-4-6-21/h2-12,15-16H,13-14H2,1H3,(H,25,27). The summed E-state index contributed by atoms with van der Waals surface area (Å²) in [5.41, 5.74) is 2.94. The van der Waals surface area contributed by atoms with E-state index in [2.05, 4.69) is 5.32 Å². The predicted octanol–water partition coefficient (Wildman–Crippen LogP) is 4.58. The second-order valence-corrected chi connectivity index (χ2v) is 9.53. The topological polar surface area (TPSA) is 66.5 Å². The number of amides is 1. The number of halogens is 1. The molecule has 4 rings (SSSR count). The Labute approximate surface area is 181 Å². The van der Waals surface area contributed by atoms with Crippen LogP contribution >= 0.6 is 11.6 Å². The Morgan fingerprint density at radius 2 is 1.73 bits per heavy atom. The molecular weight excluding hydrogens is 420 g/mol. The molecule has 154 valence electrons. The van der Waals surface area contributed by atoms with Gasteiger partial charge in [0.1, 0.15) is 0 Å². The maximum atomic E-state index is 13.0. The molecule has 1 atom stereocenters. The van der Waals surface area contributed by atoms with Gasteiger partial charge in [-0.15, -0.1) is 0 Å². The molecule has 1 heterocycles. The van der Waals surface area contributed by atoms with Gasteiger partial charge in [-0.25, -0.2) is 8.42 Å². The lowest BCUT2D eigenvalue weighted by molar-refractivity contribution is 0.0940. The number of anilines is 1. The van der Waals surface area contributed by atoms with Crippen LogP contribution in [0.15, 0.2) is 77.7 Å². The molecule has 0 bridgehead atoms. The summed E-state index contributed by atoms with van der Waals surface area (Å²) in [5.74, 6) is -0.204. The van der Waals surface area contributed by atoms with E-state index >= 15 is 0 Å². The predicted molar refractivity (Wildman–Crippen MR) is 118 cm³/mol. The van der Waals surface area contributed by atoms with E-state index < -0.39 is 10.0 Å². The van der Waals surface area contributed by atoms with Gasteiger partial charge in [-0.3, -0.25) is 9.10 Å². The second-order valence-electron chi connectivity index (χ2n) is 7.23. The van der Waals surface area contributed by atoms with E-state index in [4.69, 9.17) is 11.6 Å². The average Bonchev–Trinajstić information content (AvgIpc) is 3.19. The van der Waals surface area contributed by atoms with Crippen molar-refractivity contribution in [3.05, 3.63) is 94.5 Å². The molecule has 30 heavy (non-hydrogen) atoms. The molecule has 0 aliphatic carbocycles. The zero-order valence-corrected chi connectivity index (χ0v) is 18.0. The molecule has 1 amide bonds. The lowest BCUT2D eigenvalue weighted by Gasteiger charge is -2.20. The summed E-state index contributed by atoms with van der Waals surface area (Å²) in [5, 5.41) is 3.62. The van der Waals surface area contributed by atoms with Crippen LogP contribution in [0.1, 0.15) is 34.5 Å². The molecule has 7 heteroatoms. The van der Waals surface area contributed by atoms with Crippen molar-refractivity contribution >= 4 is 33.2 Å². The van der Waals surface area contributed by atoms with Crippen LogP contribution < -0.4 is 9.62 Å². The Balaban J connectivity index is 1.53. The van der Waals surface area contributed by atoms with E-state index in [9.17, 15) is 13.2 Å². The monoisotopic (exact) mass is 440 g/mol. The summed E-state index contributed by atoms with van der Waals surface area (Å²) in [6.45, 7) is 2.27. The molecule has 0 saturated carbocycles. The number of hydrogen-bond donors (Lipinski definition) is 1. The van der Waals surface area contributed by atoms with Crippen LogP contribution in [0.2, 0.25) is 5.02 Å². The minimum Gasteiger partial charge on any atom is -0.346 e. The average molecular weight is 441 g/mol. The fraction of sp³-hybridized carbons (Fsp3) is 0.174. The molecular formula is C23H21ClN2O3S. The fourth-order valence-electron chi connectivity index (χ4n) is 3.60. The molecule has 1 N–H and O–H groups in total. The first-order valence-corrected chi connectivity index (χ1v) is 11.4. The largest absolute Gasteiger partial charge is 0.346 e. The van der Waals surface area contributed by atoms with E-state index in [1.807, 2.05) is 19.1 Å². The second kappa shape index (κ2) is 8.13. The van der Waals surface area contributed by atoms with Crippen LogP contribution in [0.5, 0.6) is 0 Å². The van der Waals surface area contributed by atoms with E-state index in [1.54, 1.807) is 60.7 Å². The van der Waals surface area contributed by atoms with Gasteiger partial charge in [0.15, 0.2) is 0 Å². The molecule has 0 radical (unpaired) electrons. The lowest BCUT2D eigenvalue weighted by atomic mass is 10.1. The zero-order chi connectivity index (χ0) is 21.3. The maximum absolute atomic E-state index is 13.0. The number of fused-ring (bicyclic) bond motifs is 1. The van der Waals surface area contributed by atoms with Crippen molar-refractivity contribution in [2.45, 2.75) is 24.3 Å². The minimum atomic E-state index is -3.62. The highest BCUT2D eigenvalue weighted by atomic mass is 35.5. The van der Waals surface area contributed by atoms with Crippen LogP contribution in [-0.2, 0) is 16.4 Å². The van der Waals surface area contributed by atoms with Crippen LogP contribution in [-0.4, -0.2) is 20.9 Å². The Morgan fingerprint density at radius 3 is 2.43 bits per heavy atom. The van der Waals surface area contributed by atoms with Gasteiger partial charge in [0.2, 0.25) is 0 Å². The Morgan fingerprint density at radius 1 is 1.03 bits per heavy atom. The van der Waals surface area contributed by atoms with Crippen molar-refractivity contribution in [2.24, 2.45) is 0 Å². The molecule has 1 unspecified atom stereocenters. The van der Waals surface area contributed by atoms with Crippen molar-refractivity contribution in [3.8, 4) is 0 Å². The van der Waals surface area contributed by atoms with Crippen molar-refractivity contribution < 1.29 is 13.2 Å². The van der Waals surface area contributed by atoms with Crippen LogP contribution in [0.25, 0.3) is 0 Å². The summed E-state index contributed by atoms with van der Waals surface area (Å²) >= 11 is 5.92. The Bertz CT molecular complexity index is 1180. The third kappa shape index (κ3) is 3.93. The molecule has 3 aromatic carbocycles. The smallest absolute Gasteiger partial charge is 0.264 e. The molecule has 3 aromatic rings. The van der Waals surface area contributed by atoms with E-state index in [0.717, 1.165) is 11.1 Å². The van der Waals surface area contributed by atoms with Gasteiger partial charge in [0, 0.05) is 17.1 Å². The van der Waals surface area contributed by atoms with Gasteiger partial charge in [0.25, 0.3) is 15.9 Å². The normalized spacial score (nSPS) is 14.3. The van der Waals surface area contributed by atoms with Crippen molar-refractivity contribution in [3.63, 3.8) is 0 Å². The number of sulfonamides is 1. The van der Waals surface area contributed by atoms with Crippen molar-refractivity contribution in [1.82, 2.24) is 5.32 Å². The van der Waals surface area contributed by atoms with Gasteiger partial charge >= 0.3 is 0 Å². The highest BCUT2D eigenvalue weighted by Gasteiger charge is 2.31. The fourth-order valence-corrected chi connectivity index (χ4v) is 5.25. The first-order valence-electron chi connectivity index (χ1n) is 9.63. The third-order valence-electron chi connectivity index (χ3n) is 5.24.